The highest BCUT2D eigenvalue weighted by molar-refractivity contribution is 7.91. The van der Waals surface area contributed by atoms with Gasteiger partial charge in [0.15, 0.2) is 9.84 Å². The van der Waals surface area contributed by atoms with Gasteiger partial charge in [0.25, 0.3) is 5.91 Å². The van der Waals surface area contributed by atoms with E-state index in [0.717, 1.165) is 25.7 Å². The van der Waals surface area contributed by atoms with E-state index >= 15 is 0 Å². The minimum absolute atomic E-state index is 0.112. The molecule has 1 saturated heterocycles. The number of carbonyl (C=O) groups excluding carboxylic acids is 1. The molecule has 0 bridgehead atoms. The van der Waals surface area contributed by atoms with Crippen LogP contribution in [-0.4, -0.2) is 47.9 Å². The van der Waals surface area contributed by atoms with E-state index in [1.54, 1.807) is 6.07 Å². The van der Waals surface area contributed by atoms with Crippen molar-refractivity contribution in [2.24, 2.45) is 0 Å². The number of carbonyl (C=O) groups is 1. The lowest BCUT2D eigenvalue weighted by atomic mass is 10.2. The Labute approximate surface area is 129 Å². The number of hydrogen-bond donors (Lipinski definition) is 2. The zero-order chi connectivity index (χ0) is 15.6. The van der Waals surface area contributed by atoms with Crippen LogP contribution in [0.4, 0.5) is 5.82 Å². The molecule has 1 unspecified atom stereocenters. The van der Waals surface area contributed by atoms with Crippen LogP contribution in [0.1, 0.15) is 42.6 Å². The zero-order valence-electron chi connectivity index (χ0n) is 12.3. The molecule has 1 saturated carbocycles. The predicted molar refractivity (Wildman–Crippen MR) is 82.4 cm³/mol. The number of rotatable bonds is 4. The summed E-state index contributed by atoms with van der Waals surface area (Å²) < 4.78 is 22.9. The van der Waals surface area contributed by atoms with E-state index in [1.165, 1.54) is 6.33 Å². The maximum Gasteiger partial charge on any atom is 0.270 e. The molecule has 1 aromatic rings. The summed E-state index contributed by atoms with van der Waals surface area (Å²) in [6, 6.07) is 1.67. The highest BCUT2D eigenvalue weighted by Gasteiger charge is 2.28. The second-order valence-electron chi connectivity index (χ2n) is 5.99. The Morgan fingerprint density at radius 2 is 1.91 bits per heavy atom. The predicted octanol–water partition coefficient (Wildman–Crippen LogP) is 0.748. The smallest absolute Gasteiger partial charge is 0.270 e. The van der Waals surface area contributed by atoms with Crippen LogP contribution in [0.15, 0.2) is 12.4 Å². The molecule has 22 heavy (non-hydrogen) atoms. The van der Waals surface area contributed by atoms with Gasteiger partial charge in [0.05, 0.1) is 11.5 Å². The van der Waals surface area contributed by atoms with Crippen LogP contribution in [0, 0.1) is 0 Å². The third-order valence-electron chi connectivity index (χ3n) is 4.17. The van der Waals surface area contributed by atoms with Gasteiger partial charge in [-0.3, -0.25) is 4.79 Å². The molecule has 1 aromatic heterocycles. The summed E-state index contributed by atoms with van der Waals surface area (Å²) in [7, 11) is -2.94. The van der Waals surface area contributed by atoms with E-state index in [4.69, 9.17) is 0 Å². The molecule has 0 spiro atoms. The zero-order valence-corrected chi connectivity index (χ0v) is 13.1. The fourth-order valence-corrected chi connectivity index (χ4v) is 4.68. The van der Waals surface area contributed by atoms with Crippen LogP contribution in [-0.2, 0) is 9.84 Å². The number of anilines is 1. The average molecular weight is 324 g/mol. The lowest BCUT2D eigenvalue weighted by Crippen LogP contribution is -2.33. The van der Waals surface area contributed by atoms with Crippen molar-refractivity contribution >= 4 is 21.6 Å². The summed E-state index contributed by atoms with van der Waals surface area (Å²) in [6.07, 6.45) is 6.23. The SMILES string of the molecule is O=C(NC1CCCC1)c1cc(NC2CCS(=O)(=O)C2)ncn1. The molecule has 8 heteroatoms. The lowest BCUT2D eigenvalue weighted by molar-refractivity contribution is 0.0932. The van der Waals surface area contributed by atoms with Gasteiger partial charge in [0.1, 0.15) is 17.8 Å². The van der Waals surface area contributed by atoms with Gasteiger partial charge in [-0.2, -0.15) is 0 Å². The number of hydrogen-bond acceptors (Lipinski definition) is 6. The summed E-state index contributed by atoms with van der Waals surface area (Å²) in [5.41, 5.74) is 0.310. The Morgan fingerprint density at radius 1 is 1.14 bits per heavy atom. The Hall–Kier alpha value is -1.70. The summed E-state index contributed by atoms with van der Waals surface area (Å²) in [5, 5.41) is 6.05. The van der Waals surface area contributed by atoms with Gasteiger partial charge < -0.3 is 10.6 Å². The van der Waals surface area contributed by atoms with E-state index in [2.05, 4.69) is 20.6 Å². The number of amides is 1. The lowest BCUT2D eigenvalue weighted by Gasteiger charge is -2.13. The van der Waals surface area contributed by atoms with Gasteiger partial charge >= 0.3 is 0 Å². The van der Waals surface area contributed by atoms with Gasteiger partial charge in [-0.05, 0) is 19.3 Å². The molecule has 3 rings (SSSR count). The fraction of sp³-hybridized carbons (Fsp3) is 0.643. The van der Waals surface area contributed by atoms with Gasteiger partial charge in [0.2, 0.25) is 0 Å². The molecule has 120 valence electrons. The van der Waals surface area contributed by atoms with Crippen LogP contribution < -0.4 is 10.6 Å². The van der Waals surface area contributed by atoms with Crippen LogP contribution >= 0.6 is 0 Å². The first-order valence-corrected chi connectivity index (χ1v) is 9.44. The monoisotopic (exact) mass is 324 g/mol. The quantitative estimate of drug-likeness (QED) is 0.847. The molecule has 2 fully saturated rings. The van der Waals surface area contributed by atoms with Gasteiger partial charge in [-0.1, -0.05) is 12.8 Å². The molecule has 1 aliphatic heterocycles. The normalized spacial score (nSPS) is 24.3. The number of aromatic nitrogens is 2. The minimum atomic E-state index is -2.94. The van der Waals surface area contributed by atoms with E-state index in [0.29, 0.717) is 17.9 Å². The number of nitrogens with one attached hydrogen (secondary N) is 2. The van der Waals surface area contributed by atoms with Crippen molar-refractivity contribution in [1.29, 1.82) is 0 Å². The summed E-state index contributed by atoms with van der Waals surface area (Å²) in [6.45, 7) is 0. The molecule has 7 nitrogen and oxygen atoms in total. The van der Waals surface area contributed by atoms with Crippen molar-refractivity contribution in [1.82, 2.24) is 15.3 Å². The first-order valence-electron chi connectivity index (χ1n) is 7.62. The second kappa shape index (κ2) is 6.20. The number of nitrogens with zero attached hydrogens (tertiary/aromatic N) is 2. The molecule has 0 radical (unpaired) electrons. The Balaban J connectivity index is 1.63. The molecule has 1 amide bonds. The van der Waals surface area contributed by atoms with E-state index in [9.17, 15) is 13.2 Å². The maximum absolute atomic E-state index is 12.2. The van der Waals surface area contributed by atoms with Crippen molar-refractivity contribution in [3.05, 3.63) is 18.1 Å². The molecule has 1 aliphatic carbocycles. The van der Waals surface area contributed by atoms with E-state index < -0.39 is 9.84 Å². The Morgan fingerprint density at radius 3 is 2.59 bits per heavy atom. The molecular formula is C14H20N4O3S. The van der Waals surface area contributed by atoms with Gasteiger partial charge in [0, 0.05) is 18.2 Å². The van der Waals surface area contributed by atoms with E-state index in [-0.39, 0.29) is 29.5 Å². The summed E-state index contributed by atoms with van der Waals surface area (Å²) >= 11 is 0. The largest absolute Gasteiger partial charge is 0.366 e. The molecule has 2 N–H and O–H groups in total. The molecule has 2 aliphatic rings. The van der Waals surface area contributed by atoms with Crippen molar-refractivity contribution in [2.45, 2.75) is 44.2 Å². The Kier molecular flexibility index (Phi) is 4.28. The van der Waals surface area contributed by atoms with Crippen LogP contribution in [0.2, 0.25) is 0 Å². The van der Waals surface area contributed by atoms with Crippen LogP contribution in [0.3, 0.4) is 0 Å². The van der Waals surface area contributed by atoms with Crippen molar-refractivity contribution in [3.63, 3.8) is 0 Å². The standard InChI is InChI=1S/C14H20N4O3S/c19-14(18-10-3-1-2-4-10)12-7-13(16-9-15-12)17-11-5-6-22(20,21)8-11/h7,9-11H,1-6,8H2,(H,18,19)(H,15,16,17). The Bertz CT molecular complexity index is 656. The molecule has 0 aromatic carbocycles. The third kappa shape index (κ3) is 3.73. The number of sulfone groups is 1. The summed E-state index contributed by atoms with van der Waals surface area (Å²) in [4.78, 5) is 20.2. The van der Waals surface area contributed by atoms with Crippen molar-refractivity contribution in [3.8, 4) is 0 Å². The summed E-state index contributed by atoms with van der Waals surface area (Å²) in [5.74, 6) is 0.607. The highest BCUT2D eigenvalue weighted by atomic mass is 32.2. The molecular weight excluding hydrogens is 304 g/mol. The van der Waals surface area contributed by atoms with E-state index in [1.807, 2.05) is 0 Å². The van der Waals surface area contributed by atoms with Crippen LogP contribution in [0.5, 0.6) is 0 Å². The van der Waals surface area contributed by atoms with Gasteiger partial charge in [-0.15, -0.1) is 0 Å². The maximum atomic E-state index is 12.2. The van der Waals surface area contributed by atoms with Gasteiger partial charge in [-0.25, -0.2) is 18.4 Å². The molecule has 1 atom stereocenters. The highest BCUT2D eigenvalue weighted by Crippen LogP contribution is 2.19. The third-order valence-corrected chi connectivity index (χ3v) is 5.94. The second-order valence-corrected chi connectivity index (χ2v) is 8.22. The van der Waals surface area contributed by atoms with Crippen molar-refractivity contribution < 1.29 is 13.2 Å². The minimum Gasteiger partial charge on any atom is -0.366 e. The topological polar surface area (TPSA) is 101 Å². The fourth-order valence-electron chi connectivity index (χ4n) is 3.01. The molecule has 2 heterocycles. The van der Waals surface area contributed by atoms with Crippen LogP contribution in [0.25, 0.3) is 0 Å². The first kappa shape index (κ1) is 15.2. The van der Waals surface area contributed by atoms with Crippen molar-refractivity contribution in [2.75, 3.05) is 16.8 Å². The average Bonchev–Trinajstić information content (AvgIpc) is 3.09. The first-order chi connectivity index (χ1) is 10.5.